The van der Waals surface area contributed by atoms with Gasteiger partial charge in [-0.2, -0.15) is 0 Å². The maximum Gasteiger partial charge on any atom is 0.248 e. The molecule has 196 valence electrons. The highest BCUT2D eigenvalue weighted by Gasteiger charge is 2.18. The summed E-state index contributed by atoms with van der Waals surface area (Å²) in [7, 11) is 2.25. The van der Waals surface area contributed by atoms with E-state index in [9.17, 15) is 15.0 Å². The predicted octanol–water partition coefficient (Wildman–Crippen LogP) is 3.46. The fourth-order valence-electron chi connectivity index (χ4n) is 5.48. The van der Waals surface area contributed by atoms with E-state index in [-0.39, 0.29) is 11.3 Å². The summed E-state index contributed by atoms with van der Waals surface area (Å²) in [6, 6.07) is 13.1. The average molecular weight is 505 g/mol. The molecule has 1 aliphatic rings. The molecule has 37 heavy (non-hydrogen) atoms. The number of nitrogens with zero attached hydrogens (tertiary/aromatic N) is 4. The number of phenolic OH excluding ortho intramolecular Hbond substituents is 1. The van der Waals surface area contributed by atoms with Crippen molar-refractivity contribution in [2.24, 2.45) is 0 Å². The van der Waals surface area contributed by atoms with Crippen molar-refractivity contribution >= 4 is 21.9 Å². The van der Waals surface area contributed by atoms with Gasteiger partial charge in [0.2, 0.25) is 5.56 Å². The molecule has 1 saturated carbocycles. The number of aromatic hydroxyl groups is 1. The van der Waals surface area contributed by atoms with Crippen LogP contribution in [0.3, 0.4) is 0 Å². The fourth-order valence-corrected chi connectivity index (χ4v) is 5.48. The van der Waals surface area contributed by atoms with Crippen LogP contribution in [-0.4, -0.2) is 61.3 Å². The molecule has 9 heteroatoms. The number of aromatic nitrogens is 4. The maximum absolute atomic E-state index is 11.6. The van der Waals surface area contributed by atoms with Crippen LogP contribution in [0.4, 0.5) is 0 Å². The van der Waals surface area contributed by atoms with Gasteiger partial charge in [0.15, 0.2) is 0 Å². The summed E-state index contributed by atoms with van der Waals surface area (Å²) in [5, 5.41) is 33.5. The summed E-state index contributed by atoms with van der Waals surface area (Å²) in [4.78, 5) is 16.8. The van der Waals surface area contributed by atoms with Crippen LogP contribution in [0.2, 0.25) is 0 Å². The standard InChI is InChI=1S/C28H36N6O3/c1-33(20-6-3-2-4-7-20)14-5-15-34-24-11-8-19(16-23(24)31-32-34)17-29-18-26(36)21-9-12-25(35)28-22(21)10-13-27(37)30-28/h8-13,16,20,26,29,35-36H,2-7,14-15,17-18H2,1H3,(H,30,37)/t26-/m0/s1. The van der Waals surface area contributed by atoms with E-state index in [1.165, 1.54) is 44.2 Å². The molecule has 0 spiro atoms. The van der Waals surface area contributed by atoms with Gasteiger partial charge in [-0.1, -0.05) is 36.6 Å². The molecule has 0 unspecified atom stereocenters. The molecule has 9 nitrogen and oxygen atoms in total. The van der Waals surface area contributed by atoms with Gasteiger partial charge in [0.05, 0.1) is 17.1 Å². The quantitative estimate of drug-likeness (QED) is 0.261. The zero-order valence-electron chi connectivity index (χ0n) is 21.4. The van der Waals surface area contributed by atoms with E-state index in [0.29, 0.717) is 29.6 Å². The smallest absolute Gasteiger partial charge is 0.248 e. The Morgan fingerprint density at radius 2 is 2.00 bits per heavy atom. The third-order valence-corrected chi connectivity index (χ3v) is 7.59. The summed E-state index contributed by atoms with van der Waals surface area (Å²) in [6.45, 7) is 2.81. The summed E-state index contributed by atoms with van der Waals surface area (Å²) in [6.07, 6.45) is 6.98. The first-order chi connectivity index (χ1) is 18.0. The number of H-pyrrole nitrogens is 1. The Hall–Kier alpha value is -3.27. The Balaban J connectivity index is 1.15. The van der Waals surface area contributed by atoms with Crippen LogP contribution in [-0.2, 0) is 13.1 Å². The molecule has 4 N–H and O–H groups in total. The van der Waals surface area contributed by atoms with E-state index in [1.54, 1.807) is 12.1 Å². The SMILES string of the molecule is CN(CCCn1nnc2cc(CNC[C@H](O)c3ccc(O)c4[nH]c(=O)ccc34)ccc21)C1CCCCC1. The van der Waals surface area contributed by atoms with Gasteiger partial charge in [0, 0.05) is 37.1 Å². The Labute approximate surface area is 216 Å². The number of fused-ring (bicyclic) bond motifs is 2. The van der Waals surface area contributed by atoms with E-state index in [1.807, 2.05) is 10.7 Å². The molecule has 2 heterocycles. The van der Waals surface area contributed by atoms with Crippen LogP contribution >= 0.6 is 0 Å². The Bertz CT molecular complexity index is 1410. The van der Waals surface area contributed by atoms with Crippen molar-refractivity contribution in [3.05, 3.63) is 63.9 Å². The highest BCUT2D eigenvalue weighted by molar-refractivity contribution is 5.87. The highest BCUT2D eigenvalue weighted by Crippen LogP contribution is 2.28. The van der Waals surface area contributed by atoms with Gasteiger partial charge in [-0.3, -0.25) is 4.79 Å². The maximum atomic E-state index is 11.6. The van der Waals surface area contributed by atoms with Gasteiger partial charge in [-0.25, -0.2) is 4.68 Å². The van der Waals surface area contributed by atoms with E-state index in [4.69, 9.17) is 0 Å². The van der Waals surface area contributed by atoms with Crippen molar-refractivity contribution in [1.82, 2.24) is 30.2 Å². The molecule has 0 bridgehead atoms. The van der Waals surface area contributed by atoms with Crippen molar-refractivity contribution in [2.75, 3.05) is 20.1 Å². The number of hydrogen-bond acceptors (Lipinski definition) is 7. The van der Waals surface area contributed by atoms with Gasteiger partial charge < -0.3 is 25.4 Å². The average Bonchev–Trinajstić information content (AvgIpc) is 3.31. The van der Waals surface area contributed by atoms with Crippen LogP contribution in [0.15, 0.2) is 47.3 Å². The third kappa shape index (κ3) is 5.84. The normalized spacial score (nSPS) is 15.6. The lowest BCUT2D eigenvalue weighted by atomic mass is 9.94. The number of benzene rings is 2. The number of aromatic amines is 1. The summed E-state index contributed by atoms with van der Waals surface area (Å²) in [5.74, 6) is -0.0193. The minimum Gasteiger partial charge on any atom is -0.506 e. The molecular formula is C28H36N6O3. The molecule has 0 amide bonds. The first-order valence-corrected chi connectivity index (χ1v) is 13.3. The molecule has 0 radical (unpaired) electrons. The number of aryl methyl sites for hydroxylation is 1. The van der Waals surface area contributed by atoms with E-state index >= 15 is 0 Å². The summed E-state index contributed by atoms with van der Waals surface area (Å²) >= 11 is 0. The molecule has 1 fully saturated rings. The molecule has 0 saturated heterocycles. The zero-order chi connectivity index (χ0) is 25.8. The molecule has 1 atom stereocenters. The third-order valence-electron chi connectivity index (χ3n) is 7.59. The second-order valence-corrected chi connectivity index (χ2v) is 10.2. The number of aliphatic hydroxyl groups is 1. The molecule has 1 aliphatic carbocycles. The first kappa shape index (κ1) is 25.4. The largest absolute Gasteiger partial charge is 0.506 e. The van der Waals surface area contributed by atoms with E-state index in [2.05, 4.69) is 44.7 Å². The van der Waals surface area contributed by atoms with Crippen molar-refractivity contribution in [3.8, 4) is 5.75 Å². The fraction of sp³-hybridized carbons (Fsp3) is 0.464. The topological polar surface area (TPSA) is 119 Å². The van der Waals surface area contributed by atoms with Gasteiger partial charge >= 0.3 is 0 Å². The van der Waals surface area contributed by atoms with Crippen LogP contribution < -0.4 is 10.9 Å². The van der Waals surface area contributed by atoms with Crippen LogP contribution in [0.25, 0.3) is 21.9 Å². The Morgan fingerprint density at radius 3 is 2.84 bits per heavy atom. The van der Waals surface area contributed by atoms with Gasteiger partial charge in [0.25, 0.3) is 0 Å². The number of nitrogens with one attached hydrogen (secondary N) is 2. The molecular weight excluding hydrogens is 468 g/mol. The number of rotatable bonds is 10. The molecule has 2 aromatic heterocycles. The molecule has 4 aromatic rings. The summed E-state index contributed by atoms with van der Waals surface area (Å²) in [5.41, 5.74) is 3.64. The van der Waals surface area contributed by atoms with Gasteiger partial charge in [0.1, 0.15) is 11.3 Å². The number of pyridine rings is 1. The Kier molecular flexibility index (Phi) is 7.83. The lowest BCUT2D eigenvalue weighted by molar-refractivity contribution is 0.176. The minimum atomic E-state index is -0.801. The predicted molar refractivity (Wildman–Crippen MR) is 145 cm³/mol. The van der Waals surface area contributed by atoms with Crippen molar-refractivity contribution in [3.63, 3.8) is 0 Å². The summed E-state index contributed by atoms with van der Waals surface area (Å²) < 4.78 is 1.99. The van der Waals surface area contributed by atoms with Crippen LogP contribution in [0.5, 0.6) is 5.75 Å². The van der Waals surface area contributed by atoms with Gasteiger partial charge in [-0.15, -0.1) is 5.10 Å². The molecule has 0 aliphatic heterocycles. The van der Waals surface area contributed by atoms with Crippen LogP contribution in [0.1, 0.15) is 55.8 Å². The number of phenols is 1. The van der Waals surface area contributed by atoms with Crippen molar-refractivity contribution in [2.45, 2.75) is 63.8 Å². The monoisotopic (exact) mass is 504 g/mol. The van der Waals surface area contributed by atoms with Crippen LogP contribution in [0, 0.1) is 0 Å². The highest BCUT2D eigenvalue weighted by atomic mass is 16.3. The lowest BCUT2D eigenvalue weighted by Crippen LogP contribution is -2.34. The Morgan fingerprint density at radius 1 is 1.16 bits per heavy atom. The molecule has 2 aromatic carbocycles. The van der Waals surface area contributed by atoms with Crippen molar-refractivity contribution in [1.29, 1.82) is 0 Å². The van der Waals surface area contributed by atoms with Gasteiger partial charge in [-0.05, 0) is 68.2 Å². The van der Waals surface area contributed by atoms with E-state index < -0.39 is 6.10 Å². The lowest BCUT2D eigenvalue weighted by Gasteiger charge is -2.31. The number of hydrogen-bond donors (Lipinski definition) is 4. The minimum absolute atomic E-state index is 0.0193. The number of aliphatic hydroxyl groups excluding tert-OH is 1. The second kappa shape index (κ2) is 11.4. The van der Waals surface area contributed by atoms with Crippen molar-refractivity contribution < 1.29 is 10.2 Å². The zero-order valence-corrected chi connectivity index (χ0v) is 21.4. The second-order valence-electron chi connectivity index (χ2n) is 10.2. The molecule has 5 rings (SSSR count). The van der Waals surface area contributed by atoms with E-state index in [0.717, 1.165) is 42.1 Å². The first-order valence-electron chi connectivity index (χ1n) is 13.3.